The highest BCUT2D eigenvalue weighted by molar-refractivity contribution is 6.09. The predicted octanol–water partition coefficient (Wildman–Crippen LogP) is 2.39. The number of fused-ring (bicyclic) bond motifs is 1. The second-order valence-corrected chi connectivity index (χ2v) is 7.82. The van der Waals surface area contributed by atoms with Gasteiger partial charge in [0.2, 0.25) is 5.91 Å². The lowest BCUT2D eigenvalue weighted by molar-refractivity contribution is -0.136. The zero-order valence-corrected chi connectivity index (χ0v) is 16.4. The smallest absolute Gasteiger partial charge is 0.236 e. The number of hydrazine groups is 1. The molecule has 28 heavy (non-hydrogen) atoms. The van der Waals surface area contributed by atoms with Crippen molar-refractivity contribution in [1.29, 1.82) is 0 Å². The van der Waals surface area contributed by atoms with Gasteiger partial charge in [-0.2, -0.15) is 0 Å². The van der Waals surface area contributed by atoms with Gasteiger partial charge in [0.15, 0.2) is 5.78 Å². The fraction of sp³-hybridized carbons (Fsp3) is 0.364. The molecule has 0 bridgehead atoms. The third-order valence-corrected chi connectivity index (χ3v) is 5.54. The molecule has 6 heteroatoms. The van der Waals surface area contributed by atoms with Gasteiger partial charge in [0, 0.05) is 18.3 Å². The zero-order chi connectivity index (χ0) is 19.8. The molecule has 0 saturated carbocycles. The number of hydrogen-bond acceptors (Lipinski definition) is 5. The number of piperidine rings is 1. The number of nitrogens with one attached hydrogen (secondary N) is 3. The van der Waals surface area contributed by atoms with Gasteiger partial charge in [-0.15, -0.1) is 0 Å². The summed E-state index contributed by atoms with van der Waals surface area (Å²) in [5, 5.41) is 8.34. The van der Waals surface area contributed by atoms with E-state index in [0.29, 0.717) is 6.54 Å². The number of anilines is 2. The highest BCUT2D eigenvalue weighted by Crippen LogP contribution is 2.31. The van der Waals surface area contributed by atoms with Crippen LogP contribution in [0.1, 0.15) is 18.1 Å². The second kappa shape index (κ2) is 7.37. The monoisotopic (exact) mass is 378 g/mol. The summed E-state index contributed by atoms with van der Waals surface area (Å²) in [6.07, 6.45) is -0.157. The summed E-state index contributed by atoms with van der Waals surface area (Å²) < 4.78 is 0. The molecule has 0 aromatic heterocycles. The van der Waals surface area contributed by atoms with Crippen molar-refractivity contribution in [3.8, 4) is 0 Å². The molecule has 1 amide bonds. The van der Waals surface area contributed by atoms with E-state index in [-0.39, 0.29) is 29.8 Å². The molecule has 0 aliphatic carbocycles. The molecule has 6 nitrogen and oxygen atoms in total. The van der Waals surface area contributed by atoms with Crippen molar-refractivity contribution in [2.75, 3.05) is 16.9 Å². The van der Waals surface area contributed by atoms with E-state index in [1.54, 1.807) is 0 Å². The Morgan fingerprint density at radius 1 is 1.11 bits per heavy atom. The van der Waals surface area contributed by atoms with Crippen molar-refractivity contribution in [2.45, 2.75) is 33.0 Å². The summed E-state index contributed by atoms with van der Waals surface area (Å²) in [7, 11) is 0. The number of amides is 1. The van der Waals surface area contributed by atoms with Crippen molar-refractivity contribution < 1.29 is 9.59 Å². The summed E-state index contributed by atoms with van der Waals surface area (Å²) in [5.41, 5.74) is 7.28. The Balaban J connectivity index is 1.51. The van der Waals surface area contributed by atoms with Crippen LogP contribution < -0.4 is 21.1 Å². The van der Waals surface area contributed by atoms with E-state index in [1.807, 2.05) is 68.2 Å². The quantitative estimate of drug-likeness (QED) is 0.715. The molecule has 2 saturated heterocycles. The van der Waals surface area contributed by atoms with Crippen LogP contribution in [0.15, 0.2) is 48.5 Å². The van der Waals surface area contributed by atoms with Gasteiger partial charge in [0.05, 0.1) is 11.6 Å². The van der Waals surface area contributed by atoms with Crippen molar-refractivity contribution in [3.05, 3.63) is 59.7 Å². The first-order valence-corrected chi connectivity index (χ1v) is 9.71. The minimum absolute atomic E-state index is 0.0101. The third-order valence-electron chi connectivity index (χ3n) is 5.54. The number of Topliss-reactive ketones (excluding diaryl/α,β-unsaturated/α-hetero) is 1. The van der Waals surface area contributed by atoms with Crippen LogP contribution in [0.25, 0.3) is 0 Å². The van der Waals surface area contributed by atoms with Gasteiger partial charge in [-0.05, 0) is 56.2 Å². The molecule has 2 fully saturated rings. The Hall–Kier alpha value is -2.70. The minimum atomic E-state index is -0.693. The third kappa shape index (κ3) is 3.41. The molecule has 2 heterocycles. The maximum absolute atomic E-state index is 13.2. The van der Waals surface area contributed by atoms with Crippen LogP contribution in [0.4, 0.5) is 11.4 Å². The molecule has 4 unspecified atom stereocenters. The van der Waals surface area contributed by atoms with Crippen LogP contribution in [0, 0.1) is 25.7 Å². The molecule has 146 valence electrons. The minimum Gasteiger partial charge on any atom is -0.325 e. The van der Waals surface area contributed by atoms with Gasteiger partial charge in [-0.3, -0.25) is 19.9 Å². The lowest BCUT2D eigenvalue weighted by Gasteiger charge is -2.35. The molecular formula is C22H26N4O2. The van der Waals surface area contributed by atoms with Crippen molar-refractivity contribution in [2.24, 2.45) is 11.8 Å². The number of hydrogen-bond donors (Lipinski definition) is 3. The number of ketones is 1. The number of para-hydroxylation sites is 1. The Kier molecular flexibility index (Phi) is 4.91. The van der Waals surface area contributed by atoms with Crippen LogP contribution in [0.2, 0.25) is 0 Å². The van der Waals surface area contributed by atoms with E-state index in [2.05, 4.69) is 22.1 Å². The van der Waals surface area contributed by atoms with Gasteiger partial charge in [0.1, 0.15) is 12.1 Å². The maximum atomic E-state index is 13.2. The first kappa shape index (κ1) is 18.7. The topological polar surface area (TPSA) is 73.5 Å². The Bertz CT molecular complexity index is 878. The Morgan fingerprint density at radius 3 is 2.46 bits per heavy atom. The predicted molar refractivity (Wildman–Crippen MR) is 110 cm³/mol. The van der Waals surface area contributed by atoms with Gasteiger partial charge < -0.3 is 5.32 Å². The number of carbonyl (C=O) groups is 2. The average molecular weight is 378 g/mol. The largest absolute Gasteiger partial charge is 0.325 e. The van der Waals surface area contributed by atoms with Crippen molar-refractivity contribution >= 4 is 23.1 Å². The van der Waals surface area contributed by atoms with E-state index in [4.69, 9.17) is 0 Å². The van der Waals surface area contributed by atoms with Crippen molar-refractivity contribution in [1.82, 2.24) is 10.7 Å². The Morgan fingerprint density at radius 2 is 1.79 bits per heavy atom. The number of aryl methyl sites for hydroxylation is 2. The molecular weight excluding hydrogens is 352 g/mol. The van der Waals surface area contributed by atoms with Crippen LogP contribution in [-0.4, -0.2) is 30.4 Å². The zero-order valence-electron chi connectivity index (χ0n) is 16.4. The van der Waals surface area contributed by atoms with Crippen LogP contribution in [-0.2, 0) is 9.59 Å². The lowest BCUT2D eigenvalue weighted by atomic mass is 9.83. The molecule has 2 aromatic rings. The van der Waals surface area contributed by atoms with Crippen LogP contribution in [0.5, 0.6) is 0 Å². The molecule has 2 aromatic carbocycles. The molecule has 0 radical (unpaired) electrons. The highest BCUT2D eigenvalue weighted by Gasteiger charge is 2.50. The van der Waals surface area contributed by atoms with Crippen LogP contribution >= 0.6 is 0 Å². The lowest BCUT2D eigenvalue weighted by Crippen LogP contribution is -2.58. The fourth-order valence-corrected chi connectivity index (χ4v) is 4.33. The van der Waals surface area contributed by atoms with Gasteiger partial charge in [-0.25, -0.2) is 5.43 Å². The molecule has 3 N–H and O–H groups in total. The van der Waals surface area contributed by atoms with Crippen molar-refractivity contribution in [3.63, 3.8) is 0 Å². The maximum Gasteiger partial charge on any atom is 0.236 e. The number of nitrogens with zero attached hydrogens (tertiary/aromatic N) is 1. The normalized spacial score (nSPS) is 26.8. The standard InChI is InChI=1S/C22H26N4O2/c1-13-9-14(2)11-16(10-13)24-22(28)18-12-23-21-19(20(18)27)15(3)25-26(21)17-7-5-4-6-8-17/h4-11,15,18-19,21,23,25H,12H2,1-3H3,(H,24,28). The van der Waals surface area contributed by atoms with E-state index in [1.165, 1.54) is 0 Å². The Labute approximate surface area is 165 Å². The molecule has 2 aliphatic rings. The summed E-state index contributed by atoms with van der Waals surface area (Å²) in [6.45, 7) is 6.30. The fourth-order valence-electron chi connectivity index (χ4n) is 4.33. The van der Waals surface area contributed by atoms with E-state index < -0.39 is 5.92 Å². The van der Waals surface area contributed by atoms with Gasteiger partial charge in [-0.1, -0.05) is 24.3 Å². The number of benzene rings is 2. The second-order valence-electron chi connectivity index (χ2n) is 7.82. The molecule has 4 atom stereocenters. The van der Waals surface area contributed by atoms with Gasteiger partial charge >= 0.3 is 0 Å². The number of carbonyl (C=O) groups excluding carboxylic acids is 2. The summed E-state index contributed by atoms with van der Waals surface area (Å²) >= 11 is 0. The first-order chi connectivity index (χ1) is 13.4. The first-order valence-electron chi connectivity index (χ1n) is 9.71. The van der Waals surface area contributed by atoms with E-state index in [9.17, 15) is 9.59 Å². The molecule has 2 aliphatic heterocycles. The summed E-state index contributed by atoms with van der Waals surface area (Å²) in [6, 6.07) is 15.8. The highest BCUT2D eigenvalue weighted by atomic mass is 16.2. The summed E-state index contributed by atoms with van der Waals surface area (Å²) in [4.78, 5) is 26.0. The number of rotatable bonds is 3. The van der Waals surface area contributed by atoms with E-state index >= 15 is 0 Å². The van der Waals surface area contributed by atoms with Crippen LogP contribution in [0.3, 0.4) is 0 Å². The summed E-state index contributed by atoms with van der Waals surface area (Å²) in [5.74, 6) is -1.23. The molecule has 4 rings (SSSR count). The average Bonchev–Trinajstić information content (AvgIpc) is 2.99. The SMILES string of the molecule is Cc1cc(C)cc(NC(=O)C2CNC3C(C2=O)C(C)NN3c2ccccc2)c1. The van der Waals surface area contributed by atoms with Gasteiger partial charge in [0.25, 0.3) is 0 Å². The molecule has 0 spiro atoms. The van der Waals surface area contributed by atoms with E-state index in [0.717, 1.165) is 22.5 Å².